The molecule has 5 heteroatoms. The highest BCUT2D eigenvalue weighted by Gasteiger charge is 2.21. The van der Waals surface area contributed by atoms with E-state index in [1.807, 2.05) is 42.2 Å². The van der Waals surface area contributed by atoms with E-state index < -0.39 is 0 Å². The second-order valence-electron chi connectivity index (χ2n) is 5.36. The summed E-state index contributed by atoms with van der Waals surface area (Å²) in [6.45, 7) is 5.03. The van der Waals surface area contributed by atoms with Crippen molar-refractivity contribution >= 4 is 23.2 Å². The van der Waals surface area contributed by atoms with Crippen molar-refractivity contribution in [2.45, 2.75) is 13.3 Å². The van der Waals surface area contributed by atoms with Crippen molar-refractivity contribution in [3.63, 3.8) is 0 Å². The lowest BCUT2D eigenvalue weighted by Crippen LogP contribution is -2.48. The number of rotatable bonds is 3. The summed E-state index contributed by atoms with van der Waals surface area (Å²) in [4.78, 5) is 15.9. The molecule has 0 bridgehead atoms. The lowest BCUT2D eigenvalue weighted by atomic mass is 10.1. The minimum absolute atomic E-state index is 0.221. The number of carbonyl (C=O) groups excluding carboxylic acids is 1. The van der Waals surface area contributed by atoms with Gasteiger partial charge in [-0.1, -0.05) is 18.5 Å². The molecule has 4 nitrogen and oxygen atoms in total. The van der Waals surface area contributed by atoms with E-state index >= 15 is 0 Å². The molecular formula is C17H19ClN2O2. The van der Waals surface area contributed by atoms with E-state index in [4.69, 9.17) is 16.0 Å². The molecule has 1 aliphatic heterocycles. The van der Waals surface area contributed by atoms with E-state index in [2.05, 4.69) is 4.90 Å². The predicted octanol–water partition coefficient (Wildman–Crippen LogP) is 3.66. The zero-order chi connectivity index (χ0) is 15.5. The minimum Gasteiger partial charge on any atom is -0.464 e. The number of piperazine rings is 1. The number of benzene rings is 1. The van der Waals surface area contributed by atoms with Gasteiger partial charge in [0.2, 0.25) is 5.91 Å². The van der Waals surface area contributed by atoms with Crippen LogP contribution in [0.1, 0.15) is 13.3 Å². The van der Waals surface area contributed by atoms with Crippen LogP contribution in [0.25, 0.3) is 11.3 Å². The first-order chi connectivity index (χ1) is 10.7. The Bertz CT molecular complexity index is 647. The Morgan fingerprint density at radius 3 is 2.59 bits per heavy atom. The summed E-state index contributed by atoms with van der Waals surface area (Å²) >= 11 is 6.44. The van der Waals surface area contributed by atoms with Crippen molar-refractivity contribution in [3.05, 3.63) is 41.6 Å². The topological polar surface area (TPSA) is 36.7 Å². The van der Waals surface area contributed by atoms with Crippen LogP contribution in [-0.4, -0.2) is 37.0 Å². The van der Waals surface area contributed by atoms with Gasteiger partial charge in [-0.25, -0.2) is 0 Å². The first kappa shape index (κ1) is 15.0. The summed E-state index contributed by atoms with van der Waals surface area (Å²) in [7, 11) is 0. The van der Waals surface area contributed by atoms with E-state index in [-0.39, 0.29) is 5.91 Å². The van der Waals surface area contributed by atoms with Crippen molar-refractivity contribution in [1.82, 2.24) is 4.90 Å². The predicted molar refractivity (Wildman–Crippen MR) is 88.2 cm³/mol. The third kappa shape index (κ3) is 2.97. The Kier molecular flexibility index (Phi) is 4.39. The van der Waals surface area contributed by atoms with Gasteiger partial charge in [0.25, 0.3) is 0 Å². The molecule has 0 radical (unpaired) electrons. The maximum absolute atomic E-state index is 11.7. The first-order valence-electron chi connectivity index (χ1n) is 7.55. The zero-order valence-electron chi connectivity index (χ0n) is 12.6. The van der Waals surface area contributed by atoms with Crippen LogP contribution in [0.5, 0.6) is 0 Å². The lowest BCUT2D eigenvalue weighted by Gasteiger charge is -2.36. The number of carbonyl (C=O) groups is 1. The standard InChI is InChI=1S/C17H19ClN2O2/c1-2-17(21)20-9-7-19(8-10-20)15-6-5-13(12-14(15)18)16-4-3-11-22-16/h3-6,11-12H,2,7-10H2,1H3. The third-order valence-corrected chi connectivity index (χ3v) is 4.33. The number of nitrogens with zero attached hydrogens (tertiary/aromatic N) is 2. The smallest absolute Gasteiger partial charge is 0.222 e. The molecule has 1 aromatic carbocycles. The van der Waals surface area contributed by atoms with Gasteiger partial charge in [0.15, 0.2) is 0 Å². The molecule has 0 aliphatic carbocycles. The van der Waals surface area contributed by atoms with E-state index in [1.54, 1.807) is 6.26 Å². The molecule has 0 spiro atoms. The van der Waals surface area contributed by atoms with Crippen LogP contribution in [-0.2, 0) is 4.79 Å². The van der Waals surface area contributed by atoms with E-state index in [1.165, 1.54) is 0 Å². The molecule has 22 heavy (non-hydrogen) atoms. The second kappa shape index (κ2) is 6.44. The molecule has 116 valence electrons. The first-order valence-corrected chi connectivity index (χ1v) is 7.93. The number of furan rings is 1. The molecule has 0 N–H and O–H groups in total. The minimum atomic E-state index is 0.221. The second-order valence-corrected chi connectivity index (χ2v) is 5.77. The molecule has 1 saturated heterocycles. The number of hydrogen-bond donors (Lipinski definition) is 0. The van der Waals surface area contributed by atoms with Crippen molar-refractivity contribution in [3.8, 4) is 11.3 Å². The molecule has 1 amide bonds. The molecule has 1 aliphatic rings. The molecular weight excluding hydrogens is 300 g/mol. The maximum Gasteiger partial charge on any atom is 0.222 e. The van der Waals surface area contributed by atoms with Crippen LogP contribution in [0.4, 0.5) is 5.69 Å². The van der Waals surface area contributed by atoms with Gasteiger partial charge in [0.1, 0.15) is 5.76 Å². The fourth-order valence-electron chi connectivity index (χ4n) is 2.78. The van der Waals surface area contributed by atoms with Crippen LogP contribution in [0.15, 0.2) is 41.0 Å². The average molecular weight is 319 g/mol. The van der Waals surface area contributed by atoms with E-state index in [0.717, 1.165) is 43.2 Å². The van der Waals surface area contributed by atoms with Gasteiger partial charge in [-0.15, -0.1) is 0 Å². The molecule has 1 aromatic heterocycles. The SMILES string of the molecule is CCC(=O)N1CCN(c2ccc(-c3ccco3)cc2Cl)CC1. The molecule has 0 unspecified atom stereocenters. The van der Waals surface area contributed by atoms with Crippen LogP contribution < -0.4 is 4.90 Å². The van der Waals surface area contributed by atoms with Crippen molar-refractivity contribution in [2.24, 2.45) is 0 Å². The van der Waals surface area contributed by atoms with Gasteiger partial charge in [-0.05, 0) is 30.3 Å². The Morgan fingerprint density at radius 2 is 2.00 bits per heavy atom. The monoisotopic (exact) mass is 318 g/mol. The largest absolute Gasteiger partial charge is 0.464 e. The highest BCUT2D eigenvalue weighted by atomic mass is 35.5. The molecule has 2 aromatic rings. The van der Waals surface area contributed by atoms with Crippen molar-refractivity contribution in [2.75, 3.05) is 31.1 Å². The van der Waals surface area contributed by atoms with Gasteiger partial charge >= 0.3 is 0 Å². The Balaban J connectivity index is 1.72. The number of halogens is 1. The number of hydrogen-bond acceptors (Lipinski definition) is 3. The van der Waals surface area contributed by atoms with Crippen LogP contribution in [0, 0.1) is 0 Å². The summed E-state index contributed by atoms with van der Waals surface area (Å²) < 4.78 is 5.40. The quantitative estimate of drug-likeness (QED) is 0.866. The van der Waals surface area contributed by atoms with Crippen molar-refractivity contribution in [1.29, 1.82) is 0 Å². The van der Waals surface area contributed by atoms with Gasteiger partial charge in [0.05, 0.1) is 17.0 Å². The van der Waals surface area contributed by atoms with Crippen LogP contribution in [0.3, 0.4) is 0 Å². The van der Waals surface area contributed by atoms with Gasteiger partial charge in [-0.3, -0.25) is 4.79 Å². The summed E-state index contributed by atoms with van der Waals surface area (Å²) in [5, 5.41) is 0.712. The van der Waals surface area contributed by atoms with Crippen molar-refractivity contribution < 1.29 is 9.21 Å². The van der Waals surface area contributed by atoms with Crippen LogP contribution >= 0.6 is 11.6 Å². The van der Waals surface area contributed by atoms with Crippen LogP contribution in [0.2, 0.25) is 5.02 Å². The molecule has 0 saturated carbocycles. The highest BCUT2D eigenvalue weighted by Crippen LogP contribution is 2.32. The summed E-state index contributed by atoms with van der Waals surface area (Å²) in [5.74, 6) is 1.03. The van der Waals surface area contributed by atoms with Gasteiger partial charge < -0.3 is 14.2 Å². The molecule has 3 rings (SSSR count). The fourth-order valence-corrected chi connectivity index (χ4v) is 3.08. The van der Waals surface area contributed by atoms with Gasteiger partial charge in [-0.2, -0.15) is 0 Å². The molecule has 1 fully saturated rings. The van der Waals surface area contributed by atoms with Gasteiger partial charge in [0, 0.05) is 38.2 Å². The Hall–Kier alpha value is -1.94. The average Bonchev–Trinajstić information content (AvgIpc) is 3.09. The summed E-state index contributed by atoms with van der Waals surface area (Å²) in [6, 6.07) is 9.75. The number of amides is 1. The highest BCUT2D eigenvalue weighted by molar-refractivity contribution is 6.33. The summed E-state index contributed by atoms with van der Waals surface area (Å²) in [6.07, 6.45) is 2.22. The maximum atomic E-state index is 11.7. The fraction of sp³-hybridized carbons (Fsp3) is 0.353. The normalized spacial score (nSPS) is 15.2. The lowest BCUT2D eigenvalue weighted by molar-refractivity contribution is -0.131. The van der Waals surface area contributed by atoms with E-state index in [9.17, 15) is 4.79 Å². The zero-order valence-corrected chi connectivity index (χ0v) is 13.3. The third-order valence-electron chi connectivity index (χ3n) is 4.03. The number of anilines is 1. The summed E-state index contributed by atoms with van der Waals surface area (Å²) in [5.41, 5.74) is 1.99. The van der Waals surface area contributed by atoms with E-state index in [0.29, 0.717) is 11.4 Å². The Morgan fingerprint density at radius 1 is 1.23 bits per heavy atom. The molecule has 0 atom stereocenters. The Labute approximate surface area is 135 Å². The molecule has 2 heterocycles.